The van der Waals surface area contributed by atoms with E-state index in [0.29, 0.717) is 6.42 Å². The summed E-state index contributed by atoms with van der Waals surface area (Å²) in [4.78, 5) is 0.126. The highest BCUT2D eigenvalue weighted by Gasteiger charge is 2.18. The zero-order valence-corrected chi connectivity index (χ0v) is 12.4. The summed E-state index contributed by atoms with van der Waals surface area (Å²) < 4.78 is 29.1. The van der Waals surface area contributed by atoms with Gasteiger partial charge in [-0.3, -0.25) is 4.18 Å². The van der Waals surface area contributed by atoms with E-state index in [0.717, 1.165) is 5.56 Å². The summed E-state index contributed by atoms with van der Waals surface area (Å²) in [6.45, 7) is -0.165. The van der Waals surface area contributed by atoms with Gasteiger partial charge in [0.1, 0.15) is 0 Å². The molecule has 4 nitrogen and oxygen atoms in total. The fourth-order valence-corrected chi connectivity index (χ4v) is 2.96. The van der Waals surface area contributed by atoms with Crippen molar-refractivity contribution in [3.05, 3.63) is 66.2 Å². The zero-order valence-electron chi connectivity index (χ0n) is 11.6. The Bertz CT molecular complexity index is 638. The Morgan fingerprint density at radius 1 is 0.952 bits per heavy atom. The maximum atomic E-state index is 12.0. The molecule has 0 radical (unpaired) electrons. The van der Waals surface area contributed by atoms with Gasteiger partial charge in [0.25, 0.3) is 10.1 Å². The topological polar surface area (TPSA) is 63.6 Å². The highest BCUT2D eigenvalue weighted by atomic mass is 32.2. The van der Waals surface area contributed by atoms with Gasteiger partial charge in [0, 0.05) is 12.5 Å². The van der Waals surface area contributed by atoms with Crippen molar-refractivity contribution in [2.24, 2.45) is 5.92 Å². The third-order valence-electron chi connectivity index (χ3n) is 3.12. The van der Waals surface area contributed by atoms with E-state index in [2.05, 4.69) is 0 Å². The number of hydrogen-bond acceptors (Lipinski definition) is 4. The molecule has 0 amide bonds. The predicted octanol–water partition coefficient (Wildman–Crippen LogP) is 2.24. The van der Waals surface area contributed by atoms with Crippen LogP contribution in [0.1, 0.15) is 5.56 Å². The van der Waals surface area contributed by atoms with Gasteiger partial charge < -0.3 is 5.11 Å². The lowest BCUT2D eigenvalue weighted by molar-refractivity contribution is 0.166. The lowest BCUT2D eigenvalue weighted by atomic mass is 10.0. The highest BCUT2D eigenvalue weighted by Crippen LogP contribution is 2.15. The van der Waals surface area contributed by atoms with Crippen molar-refractivity contribution in [3.63, 3.8) is 0 Å². The maximum absolute atomic E-state index is 12.0. The molecule has 0 bridgehead atoms. The van der Waals surface area contributed by atoms with Crippen LogP contribution in [0.15, 0.2) is 65.6 Å². The first-order valence-electron chi connectivity index (χ1n) is 6.71. The molecule has 0 aliphatic carbocycles. The average molecular weight is 306 g/mol. The summed E-state index contributed by atoms with van der Waals surface area (Å²) in [5.41, 5.74) is 1.04. The molecule has 0 aliphatic rings. The van der Waals surface area contributed by atoms with Crippen molar-refractivity contribution in [1.82, 2.24) is 0 Å². The molecule has 0 saturated heterocycles. The minimum atomic E-state index is -3.77. The third kappa shape index (κ3) is 4.67. The van der Waals surface area contributed by atoms with Crippen molar-refractivity contribution in [1.29, 1.82) is 0 Å². The average Bonchev–Trinajstić information content (AvgIpc) is 2.53. The number of aliphatic hydroxyl groups excluding tert-OH is 1. The van der Waals surface area contributed by atoms with Gasteiger partial charge in [0.05, 0.1) is 11.5 Å². The van der Waals surface area contributed by atoms with Gasteiger partial charge in [-0.05, 0) is 24.1 Å². The van der Waals surface area contributed by atoms with Crippen LogP contribution in [0, 0.1) is 5.92 Å². The largest absolute Gasteiger partial charge is 0.396 e. The highest BCUT2D eigenvalue weighted by molar-refractivity contribution is 7.86. The number of benzene rings is 2. The summed E-state index contributed by atoms with van der Waals surface area (Å²) in [5, 5.41) is 9.38. The molecule has 0 aliphatic heterocycles. The lowest BCUT2D eigenvalue weighted by Crippen LogP contribution is -2.19. The van der Waals surface area contributed by atoms with Gasteiger partial charge in [0.15, 0.2) is 0 Å². The molecule has 0 fully saturated rings. The van der Waals surface area contributed by atoms with Crippen molar-refractivity contribution >= 4 is 10.1 Å². The molecule has 1 N–H and O–H groups in total. The standard InChI is InChI=1S/C16H18O4S/c17-12-15(11-14-7-3-1-4-8-14)13-20-21(18,19)16-9-5-2-6-10-16/h1-10,15,17H,11-13H2. The summed E-state index contributed by atoms with van der Waals surface area (Å²) >= 11 is 0. The van der Waals surface area contributed by atoms with Crippen LogP contribution in [0.5, 0.6) is 0 Å². The van der Waals surface area contributed by atoms with E-state index < -0.39 is 10.1 Å². The Kier molecular flexibility index (Phi) is 5.50. The van der Waals surface area contributed by atoms with Crippen LogP contribution in [0.25, 0.3) is 0 Å². The van der Waals surface area contributed by atoms with Gasteiger partial charge in [-0.2, -0.15) is 8.42 Å². The van der Waals surface area contributed by atoms with Crippen molar-refractivity contribution in [2.45, 2.75) is 11.3 Å². The SMILES string of the molecule is O=S(=O)(OCC(CO)Cc1ccccc1)c1ccccc1. The van der Waals surface area contributed by atoms with Crippen LogP contribution in [0.3, 0.4) is 0 Å². The van der Waals surface area contributed by atoms with Crippen LogP contribution in [-0.4, -0.2) is 26.7 Å². The van der Waals surface area contributed by atoms with Crippen molar-refractivity contribution < 1.29 is 17.7 Å². The van der Waals surface area contributed by atoms with Crippen LogP contribution in [-0.2, 0) is 20.7 Å². The second kappa shape index (κ2) is 7.36. The normalized spacial score (nSPS) is 13.0. The third-order valence-corrected chi connectivity index (χ3v) is 4.41. The molecule has 0 heterocycles. The number of rotatable bonds is 7. The van der Waals surface area contributed by atoms with E-state index in [4.69, 9.17) is 4.18 Å². The van der Waals surface area contributed by atoms with Crippen LogP contribution in [0.4, 0.5) is 0 Å². The van der Waals surface area contributed by atoms with Crippen LogP contribution < -0.4 is 0 Å². The first kappa shape index (κ1) is 15.7. The lowest BCUT2D eigenvalue weighted by Gasteiger charge is -2.14. The Labute approximate surface area is 125 Å². The second-order valence-electron chi connectivity index (χ2n) is 4.79. The van der Waals surface area contributed by atoms with Crippen LogP contribution in [0.2, 0.25) is 0 Å². The van der Waals surface area contributed by atoms with E-state index in [1.807, 2.05) is 30.3 Å². The van der Waals surface area contributed by atoms with Crippen molar-refractivity contribution in [2.75, 3.05) is 13.2 Å². The zero-order chi connectivity index (χ0) is 15.1. The van der Waals surface area contributed by atoms with E-state index >= 15 is 0 Å². The van der Waals surface area contributed by atoms with Gasteiger partial charge in [-0.25, -0.2) is 0 Å². The first-order chi connectivity index (χ1) is 10.1. The summed E-state index contributed by atoms with van der Waals surface area (Å²) in [6.07, 6.45) is 0.571. The summed E-state index contributed by atoms with van der Waals surface area (Å²) in [6, 6.07) is 17.6. The minimum Gasteiger partial charge on any atom is -0.396 e. The van der Waals surface area contributed by atoms with Gasteiger partial charge in [0.2, 0.25) is 0 Å². The van der Waals surface area contributed by atoms with Crippen LogP contribution >= 0.6 is 0 Å². The Hall–Kier alpha value is -1.69. The Morgan fingerprint density at radius 2 is 1.52 bits per heavy atom. The van der Waals surface area contributed by atoms with E-state index in [1.54, 1.807) is 18.2 Å². The second-order valence-corrected chi connectivity index (χ2v) is 6.41. The smallest absolute Gasteiger partial charge is 0.296 e. The molecule has 0 spiro atoms. The monoisotopic (exact) mass is 306 g/mol. The molecule has 0 aromatic heterocycles. The van der Waals surface area contributed by atoms with E-state index in [1.165, 1.54) is 12.1 Å². The molecule has 112 valence electrons. The Balaban J connectivity index is 1.97. The molecular weight excluding hydrogens is 288 g/mol. The fourth-order valence-electron chi connectivity index (χ4n) is 1.96. The molecule has 1 atom stereocenters. The van der Waals surface area contributed by atoms with Gasteiger partial charge in [-0.1, -0.05) is 48.5 Å². The fraction of sp³-hybridized carbons (Fsp3) is 0.250. The number of hydrogen-bond donors (Lipinski definition) is 1. The molecule has 2 aromatic carbocycles. The van der Waals surface area contributed by atoms with Crippen molar-refractivity contribution in [3.8, 4) is 0 Å². The molecular formula is C16H18O4S. The first-order valence-corrected chi connectivity index (χ1v) is 8.12. The molecule has 5 heteroatoms. The summed E-state index contributed by atoms with van der Waals surface area (Å²) in [7, 11) is -3.77. The maximum Gasteiger partial charge on any atom is 0.296 e. The molecule has 21 heavy (non-hydrogen) atoms. The molecule has 0 saturated carbocycles. The molecule has 1 unspecified atom stereocenters. The summed E-state index contributed by atoms with van der Waals surface area (Å²) in [5.74, 6) is -0.258. The predicted molar refractivity (Wildman–Crippen MR) is 80.3 cm³/mol. The Morgan fingerprint density at radius 3 is 2.10 bits per heavy atom. The van der Waals surface area contributed by atoms with E-state index in [-0.39, 0.29) is 24.0 Å². The minimum absolute atomic E-state index is 0.0391. The quantitative estimate of drug-likeness (QED) is 0.797. The van der Waals surface area contributed by atoms with Gasteiger partial charge >= 0.3 is 0 Å². The molecule has 2 aromatic rings. The number of aliphatic hydroxyl groups is 1. The van der Waals surface area contributed by atoms with Gasteiger partial charge in [-0.15, -0.1) is 0 Å². The van der Waals surface area contributed by atoms with E-state index in [9.17, 15) is 13.5 Å². The molecule has 2 rings (SSSR count).